The number of alkyl halides is 6. The zero-order valence-electron chi connectivity index (χ0n) is 21.8. The van der Waals surface area contributed by atoms with Gasteiger partial charge in [-0.25, -0.2) is 4.39 Å². The number of fused-ring (bicyclic) bond motifs is 1. The lowest BCUT2D eigenvalue weighted by atomic mass is 9.85. The number of aryl methyl sites for hydroxylation is 1. The molecular weight excluding hydrogens is 559 g/mol. The summed E-state index contributed by atoms with van der Waals surface area (Å²) in [6.45, 7) is 3.20. The number of benzene rings is 2. The van der Waals surface area contributed by atoms with E-state index in [1.165, 1.54) is 42.2 Å². The summed E-state index contributed by atoms with van der Waals surface area (Å²) in [4.78, 5) is 19.0. The first-order chi connectivity index (χ1) is 19.2. The number of halogens is 7. The summed E-state index contributed by atoms with van der Waals surface area (Å²) in [5.74, 6) is -0.860. The Kier molecular flexibility index (Phi) is 7.43. The van der Waals surface area contributed by atoms with Crippen LogP contribution in [0.4, 0.5) is 30.7 Å². The van der Waals surface area contributed by atoms with Gasteiger partial charge in [-0.3, -0.25) is 4.79 Å². The van der Waals surface area contributed by atoms with E-state index in [9.17, 15) is 35.5 Å². The van der Waals surface area contributed by atoms with Gasteiger partial charge < -0.3 is 14.2 Å². The molecule has 5 rings (SSSR count). The van der Waals surface area contributed by atoms with Crippen molar-refractivity contribution in [2.45, 2.75) is 63.2 Å². The van der Waals surface area contributed by atoms with Gasteiger partial charge in [-0.05, 0) is 54.8 Å². The second kappa shape index (κ2) is 10.6. The Morgan fingerprint density at radius 3 is 2.24 bits per heavy atom. The van der Waals surface area contributed by atoms with Crippen LogP contribution in [0.1, 0.15) is 66.3 Å². The lowest BCUT2D eigenvalue weighted by Gasteiger charge is -2.32. The molecule has 1 amide bonds. The van der Waals surface area contributed by atoms with E-state index in [-0.39, 0.29) is 30.5 Å². The molecule has 0 saturated carbocycles. The molecule has 41 heavy (non-hydrogen) atoms. The Bertz CT molecular complexity index is 1430. The Morgan fingerprint density at radius 1 is 1.05 bits per heavy atom. The number of carbonyl (C=O) groups excluding carboxylic acids is 1. The second-order valence-electron chi connectivity index (χ2n) is 10.0. The van der Waals surface area contributed by atoms with Crippen LogP contribution >= 0.6 is 0 Å². The monoisotopic (exact) mass is 583 g/mol. The van der Waals surface area contributed by atoms with E-state index in [4.69, 9.17) is 9.26 Å². The van der Waals surface area contributed by atoms with E-state index in [2.05, 4.69) is 10.1 Å². The first-order valence-corrected chi connectivity index (χ1v) is 12.8. The number of nitrogens with zero attached hydrogens (tertiary/aromatic N) is 3. The van der Waals surface area contributed by atoms with Gasteiger partial charge in [-0.1, -0.05) is 24.2 Å². The predicted octanol–water partition coefficient (Wildman–Crippen LogP) is 6.74. The molecule has 13 heteroatoms. The minimum absolute atomic E-state index is 0.00873. The minimum Gasteiger partial charge on any atom is -0.368 e. The maximum Gasteiger partial charge on any atom is 0.416 e. The molecule has 4 atom stereocenters. The zero-order chi connectivity index (χ0) is 29.7. The summed E-state index contributed by atoms with van der Waals surface area (Å²) in [6, 6.07) is 6.26. The Hall–Kier alpha value is -3.74. The van der Waals surface area contributed by atoms with E-state index >= 15 is 0 Å². The lowest BCUT2D eigenvalue weighted by Crippen LogP contribution is -2.39. The quantitative estimate of drug-likeness (QED) is 0.301. The van der Waals surface area contributed by atoms with Gasteiger partial charge >= 0.3 is 12.4 Å². The number of amides is 1. The zero-order valence-corrected chi connectivity index (χ0v) is 21.8. The molecule has 3 aromatic rings. The normalized spacial score (nSPS) is 22.1. The first-order valence-electron chi connectivity index (χ1n) is 12.8. The molecule has 0 radical (unpaired) electrons. The van der Waals surface area contributed by atoms with Gasteiger partial charge in [-0.15, -0.1) is 0 Å². The number of rotatable bonds is 6. The fourth-order valence-electron chi connectivity index (χ4n) is 5.37. The molecular formula is C28H24F7N3O3. The third-order valence-corrected chi connectivity index (χ3v) is 7.37. The van der Waals surface area contributed by atoms with Crippen molar-refractivity contribution >= 4 is 11.5 Å². The Balaban J connectivity index is 1.49. The molecule has 0 aliphatic carbocycles. The highest BCUT2D eigenvalue weighted by atomic mass is 19.4. The van der Waals surface area contributed by atoms with Gasteiger partial charge in [0.25, 0.3) is 5.89 Å². The molecule has 1 aromatic heterocycles. The second-order valence-corrected chi connectivity index (χ2v) is 10.0. The molecule has 218 valence electrons. The number of ether oxygens (including phenoxy) is 1. The Morgan fingerprint density at radius 2 is 1.68 bits per heavy atom. The Labute approximate surface area is 229 Å². The molecule has 0 unspecified atom stereocenters. The maximum atomic E-state index is 13.8. The molecule has 2 aliphatic rings. The van der Waals surface area contributed by atoms with Crippen LogP contribution in [-0.2, 0) is 28.3 Å². The van der Waals surface area contributed by atoms with Crippen LogP contribution in [0.3, 0.4) is 0 Å². The fraction of sp³-hybridized carbons (Fsp3) is 0.393. The van der Waals surface area contributed by atoms with Gasteiger partial charge in [0, 0.05) is 36.6 Å². The van der Waals surface area contributed by atoms with Gasteiger partial charge in [0.05, 0.1) is 23.3 Å². The number of aromatic nitrogens is 2. The van der Waals surface area contributed by atoms with Crippen molar-refractivity contribution in [3.8, 4) is 0 Å². The van der Waals surface area contributed by atoms with Crippen LogP contribution in [0.2, 0.25) is 0 Å². The van der Waals surface area contributed by atoms with Crippen LogP contribution < -0.4 is 0 Å². The number of hydrogen-bond donors (Lipinski definition) is 0. The molecule has 0 N–H and O–H groups in total. The first kappa shape index (κ1) is 28.8. The average Bonchev–Trinajstić information content (AvgIpc) is 3.53. The molecule has 2 aliphatic heterocycles. The average molecular weight is 584 g/mol. The van der Waals surface area contributed by atoms with Crippen molar-refractivity contribution < 1.29 is 44.8 Å². The van der Waals surface area contributed by atoms with Gasteiger partial charge in [0.1, 0.15) is 5.82 Å². The van der Waals surface area contributed by atoms with E-state index in [1.54, 1.807) is 0 Å². The van der Waals surface area contributed by atoms with E-state index in [0.717, 1.165) is 0 Å². The highest BCUT2D eigenvalue weighted by Crippen LogP contribution is 2.45. The highest BCUT2D eigenvalue weighted by molar-refractivity contribution is 5.97. The van der Waals surface area contributed by atoms with Crippen molar-refractivity contribution in [3.63, 3.8) is 0 Å². The van der Waals surface area contributed by atoms with Crippen molar-refractivity contribution in [2.75, 3.05) is 6.54 Å². The van der Waals surface area contributed by atoms with Crippen molar-refractivity contribution in [1.82, 2.24) is 15.0 Å². The summed E-state index contributed by atoms with van der Waals surface area (Å²) >= 11 is 0. The van der Waals surface area contributed by atoms with Crippen molar-refractivity contribution in [2.24, 2.45) is 0 Å². The third kappa shape index (κ3) is 5.85. The molecule has 2 aromatic carbocycles. The maximum absolute atomic E-state index is 13.8. The van der Waals surface area contributed by atoms with Crippen molar-refractivity contribution in [3.05, 3.63) is 88.3 Å². The summed E-state index contributed by atoms with van der Waals surface area (Å²) in [6.07, 6.45) is -9.94. The van der Waals surface area contributed by atoms with Crippen LogP contribution in [0, 0.1) is 5.82 Å². The highest BCUT2D eigenvalue weighted by Gasteiger charge is 2.48. The van der Waals surface area contributed by atoms with Crippen LogP contribution in [0.15, 0.2) is 53.1 Å². The number of hydrogen-bond acceptors (Lipinski definition) is 5. The van der Waals surface area contributed by atoms with E-state index < -0.39 is 59.4 Å². The molecule has 3 heterocycles. The lowest BCUT2D eigenvalue weighted by molar-refractivity contribution is -0.143. The van der Waals surface area contributed by atoms with Gasteiger partial charge in [-0.2, -0.15) is 31.3 Å². The topological polar surface area (TPSA) is 68.5 Å². The summed E-state index contributed by atoms with van der Waals surface area (Å²) < 4.78 is 106. The third-order valence-electron chi connectivity index (χ3n) is 7.37. The molecule has 0 spiro atoms. The van der Waals surface area contributed by atoms with Crippen LogP contribution in [-0.4, -0.2) is 39.6 Å². The largest absolute Gasteiger partial charge is 0.416 e. The predicted molar refractivity (Wildman–Crippen MR) is 131 cm³/mol. The van der Waals surface area contributed by atoms with E-state index in [0.29, 0.717) is 35.5 Å². The SMILES string of the molecule is CCc1noc(C2=CC(=O)N3C[C@H](O[C@H](C)c4cc(C(F)(F)F)cc(C(F)(F)F)c4)[C@@H](c4ccc(F)cc4)[C@@H]3C2)n1. The summed E-state index contributed by atoms with van der Waals surface area (Å²) in [5, 5.41) is 3.87. The van der Waals surface area contributed by atoms with Crippen LogP contribution in [0.5, 0.6) is 0 Å². The fourth-order valence-corrected chi connectivity index (χ4v) is 5.37. The molecule has 0 bridgehead atoms. The summed E-state index contributed by atoms with van der Waals surface area (Å²) in [7, 11) is 0. The van der Waals surface area contributed by atoms with E-state index in [1.807, 2.05) is 6.92 Å². The number of carbonyl (C=O) groups is 1. The van der Waals surface area contributed by atoms with Crippen molar-refractivity contribution in [1.29, 1.82) is 0 Å². The van der Waals surface area contributed by atoms with Gasteiger partial charge in [0.2, 0.25) is 5.91 Å². The van der Waals surface area contributed by atoms with Crippen LogP contribution in [0.25, 0.3) is 5.57 Å². The smallest absolute Gasteiger partial charge is 0.368 e. The molecule has 6 nitrogen and oxygen atoms in total. The molecule has 1 fully saturated rings. The standard InChI is InChI=1S/C28H24F7N3O3/c1-3-23-36-26(41-37-23)17-10-21-25(15-4-6-20(29)7-5-15)22(13-38(21)24(39)11-17)40-14(2)16-8-18(27(30,31)32)12-19(9-16)28(33,34)35/h4-9,11-12,14,21-22,25H,3,10,13H2,1-2H3/t14-,21+,22+,25+/m1/s1. The minimum atomic E-state index is -5.01. The summed E-state index contributed by atoms with van der Waals surface area (Å²) in [5.41, 5.74) is -2.15. The molecule has 1 saturated heterocycles. The van der Waals surface area contributed by atoms with Gasteiger partial charge in [0.15, 0.2) is 5.82 Å².